The molecule has 4 rings (SSSR count). The molecule has 2 amide bonds. The molecule has 0 spiro atoms. The number of hydrogen-bond acceptors (Lipinski definition) is 8. The Morgan fingerprint density at radius 3 is 2.66 bits per heavy atom. The van der Waals surface area contributed by atoms with Crippen LogP contribution in [0.4, 0.5) is 10.8 Å². The largest absolute Gasteiger partial charge is 0.360 e. The maximum absolute atomic E-state index is 12.6. The molecule has 2 aromatic heterocycles. The maximum atomic E-state index is 12.6. The molecule has 168 valence electrons. The van der Waals surface area contributed by atoms with Gasteiger partial charge in [-0.05, 0) is 42.8 Å². The van der Waals surface area contributed by atoms with E-state index in [0.29, 0.717) is 31.7 Å². The summed E-state index contributed by atoms with van der Waals surface area (Å²) in [5.41, 5.74) is 0.810. The zero-order chi connectivity index (χ0) is 22.2. The van der Waals surface area contributed by atoms with Gasteiger partial charge in [0, 0.05) is 36.1 Å². The number of hydrogen-bond donors (Lipinski definition) is 2. The summed E-state index contributed by atoms with van der Waals surface area (Å²) in [5.74, 6) is 0.396. The van der Waals surface area contributed by atoms with Gasteiger partial charge < -0.3 is 15.5 Å². The first-order chi connectivity index (χ1) is 15.7. The van der Waals surface area contributed by atoms with Gasteiger partial charge >= 0.3 is 0 Å². The Morgan fingerprint density at radius 2 is 1.91 bits per heavy atom. The van der Waals surface area contributed by atoms with E-state index in [1.807, 2.05) is 35.2 Å². The molecule has 0 saturated carbocycles. The third kappa shape index (κ3) is 6.54. The Morgan fingerprint density at radius 1 is 1.09 bits per heavy atom. The predicted octanol–water partition coefficient (Wildman–Crippen LogP) is 4.22. The molecule has 0 unspecified atom stereocenters. The van der Waals surface area contributed by atoms with Crippen LogP contribution in [0.15, 0.2) is 52.2 Å². The molecule has 1 aromatic carbocycles. The fraction of sp³-hybridized carbons (Fsp3) is 0.364. The minimum Gasteiger partial charge on any atom is -0.360 e. The number of aromatic nitrogens is 2. The van der Waals surface area contributed by atoms with E-state index < -0.39 is 0 Å². The molecule has 1 saturated heterocycles. The van der Waals surface area contributed by atoms with Crippen molar-refractivity contribution in [3.8, 4) is 0 Å². The van der Waals surface area contributed by atoms with Crippen LogP contribution in [0.1, 0.15) is 17.7 Å². The molecule has 2 N–H and O–H groups in total. The average molecular weight is 488 g/mol. The van der Waals surface area contributed by atoms with Gasteiger partial charge in [0.05, 0.1) is 5.75 Å². The van der Waals surface area contributed by atoms with E-state index >= 15 is 0 Å². The fourth-order valence-electron chi connectivity index (χ4n) is 3.46. The normalized spacial score (nSPS) is 14.3. The van der Waals surface area contributed by atoms with Gasteiger partial charge in [-0.15, -0.1) is 21.5 Å². The lowest BCUT2D eigenvalue weighted by atomic mass is 9.96. The van der Waals surface area contributed by atoms with Crippen LogP contribution in [0.5, 0.6) is 0 Å². The number of para-hydroxylation sites is 1. The first-order valence-electron chi connectivity index (χ1n) is 10.5. The van der Waals surface area contributed by atoms with Gasteiger partial charge in [-0.3, -0.25) is 9.59 Å². The molecule has 0 radical (unpaired) electrons. The summed E-state index contributed by atoms with van der Waals surface area (Å²) in [6.45, 7) is 2.03. The number of likely N-dealkylation sites (tertiary alicyclic amines) is 1. The van der Waals surface area contributed by atoms with Gasteiger partial charge in [0.15, 0.2) is 4.34 Å². The summed E-state index contributed by atoms with van der Waals surface area (Å²) in [4.78, 5) is 28.2. The highest BCUT2D eigenvalue weighted by atomic mass is 32.2. The number of piperidine rings is 1. The number of nitrogens with zero attached hydrogens (tertiary/aromatic N) is 3. The predicted molar refractivity (Wildman–Crippen MR) is 132 cm³/mol. The lowest BCUT2D eigenvalue weighted by molar-refractivity contribution is -0.132. The summed E-state index contributed by atoms with van der Waals surface area (Å²) in [5, 5.41) is 17.4. The van der Waals surface area contributed by atoms with Crippen molar-refractivity contribution in [3.05, 3.63) is 52.7 Å². The SMILES string of the molecule is O=C(Nc1ccccc1)C1CCN(C(=O)CSc2nnc(NCCc3cccs3)s2)CC1. The molecule has 1 fully saturated rings. The van der Waals surface area contributed by atoms with Crippen molar-refractivity contribution in [2.75, 3.05) is 36.0 Å². The topological polar surface area (TPSA) is 87.2 Å². The van der Waals surface area contributed by atoms with Crippen LogP contribution < -0.4 is 10.6 Å². The number of carbonyl (C=O) groups is 2. The van der Waals surface area contributed by atoms with E-state index in [2.05, 4.69) is 38.3 Å². The van der Waals surface area contributed by atoms with Gasteiger partial charge in [0.25, 0.3) is 0 Å². The molecule has 1 aliphatic rings. The van der Waals surface area contributed by atoms with Crippen LogP contribution in [-0.2, 0) is 16.0 Å². The zero-order valence-electron chi connectivity index (χ0n) is 17.5. The summed E-state index contributed by atoms with van der Waals surface area (Å²) >= 11 is 4.64. The molecule has 1 aliphatic heterocycles. The zero-order valence-corrected chi connectivity index (χ0v) is 20.0. The smallest absolute Gasteiger partial charge is 0.233 e. The highest BCUT2D eigenvalue weighted by Gasteiger charge is 2.27. The van der Waals surface area contributed by atoms with Crippen molar-refractivity contribution in [3.63, 3.8) is 0 Å². The number of anilines is 2. The van der Waals surface area contributed by atoms with E-state index in [1.165, 1.54) is 28.0 Å². The fourth-order valence-corrected chi connectivity index (χ4v) is 5.85. The van der Waals surface area contributed by atoms with Crippen LogP contribution in [0.25, 0.3) is 0 Å². The van der Waals surface area contributed by atoms with Crippen LogP contribution in [0.2, 0.25) is 0 Å². The second-order valence-electron chi connectivity index (χ2n) is 7.43. The number of carbonyl (C=O) groups excluding carboxylic acids is 2. The van der Waals surface area contributed by atoms with E-state index in [1.54, 1.807) is 11.3 Å². The molecule has 0 atom stereocenters. The van der Waals surface area contributed by atoms with Crippen molar-refractivity contribution >= 4 is 57.1 Å². The van der Waals surface area contributed by atoms with Gasteiger partial charge in [-0.25, -0.2) is 0 Å². The van der Waals surface area contributed by atoms with E-state index in [-0.39, 0.29) is 17.7 Å². The standard InChI is InChI=1S/C22H25N5O2S3/c28-19(15-31-22-26-25-21(32-22)23-11-8-18-7-4-14-30-18)27-12-9-16(10-13-27)20(29)24-17-5-2-1-3-6-17/h1-7,14,16H,8-13,15H2,(H,23,25)(H,24,29). The lowest BCUT2D eigenvalue weighted by Gasteiger charge is -2.31. The lowest BCUT2D eigenvalue weighted by Crippen LogP contribution is -2.42. The molecule has 32 heavy (non-hydrogen) atoms. The first-order valence-corrected chi connectivity index (χ1v) is 13.2. The second-order valence-corrected chi connectivity index (χ2v) is 10.7. The number of thiophene rings is 1. The minimum absolute atomic E-state index is 0.0330. The summed E-state index contributed by atoms with van der Waals surface area (Å²) in [6, 6.07) is 13.7. The van der Waals surface area contributed by atoms with Gasteiger partial charge in [-0.2, -0.15) is 0 Å². The van der Waals surface area contributed by atoms with Crippen LogP contribution in [0, 0.1) is 5.92 Å². The number of rotatable bonds is 9. The second kappa shape index (κ2) is 11.4. The quantitative estimate of drug-likeness (QED) is 0.440. The summed E-state index contributed by atoms with van der Waals surface area (Å²) < 4.78 is 0.786. The highest BCUT2D eigenvalue weighted by Crippen LogP contribution is 2.27. The number of nitrogens with one attached hydrogen (secondary N) is 2. The van der Waals surface area contributed by atoms with Crippen molar-refractivity contribution in [1.29, 1.82) is 0 Å². The van der Waals surface area contributed by atoms with E-state index in [0.717, 1.165) is 28.1 Å². The van der Waals surface area contributed by atoms with Crippen LogP contribution in [-0.4, -0.2) is 52.3 Å². The Bertz CT molecular complexity index is 1000. The molecule has 0 bridgehead atoms. The average Bonchev–Trinajstić information content (AvgIpc) is 3.51. The molecule has 7 nitrogen and oxygen atoms in total. The minimum atomic E-state index is -0.0575. The molecular formula is C22H25N5O2S3. The third-order valence-corrected chi connectivity index (χ3v) is 8.15. The van der Waals surface area contributed by atoms with Crippen LogP contribution >= 0.6 is 34.4 Å². The number of amides is 2. The van der Waals surface area contributed by atoms with Crippen molar-refractivity contribution in [2.24, 2.45) is 5.92 Å². The van der Waals surface area contributed by atoms with Gasteiger partial charge in [-0.1, -0.05) is 47.4 Å². The summed E-state index contributed by atoms with van der Waals surface area (Å²) in [6.07, 6.45) is 2.33. The van der Waals surface area contributed by atoms with Gasteiger partial charge in [0.2, 0.25) is 16.9 Å². The van der Waals surface area contributed by atoms with Gasteiger partial charge in [0.1, 0.15) is 0 Å². The monoisotopic (exact) mass is 487 g/mol. The van der Waals surface area contributed by atoms with Crippen molar-refractivity contribution < 1.29 is 9.59 Å². The van der Waals surface area contributed by atoms with Crippen LogP contribution in [0.3, 0.4) is 0 Å². The van der Waals surface area contributed by atoms with Crippen molar-refractivity contribution in [1.82, 2.24) is 15.1 Å². The summed E-state index contributed by atoms with van der Waals surface area (Å²) in [7, 11) is 0. The Kier molecular flexibility index (Phi) is 8.13. The van der Waals surface area contributed by atoms with E-state index in [4.69, 9.17) is 0 Å². The van der Waals surface area contributed by atoms with E-state index in [9.17, 15) is 9.59 Å². The molecule has 10 heteroatoms. The number of benzene rings is 1. The molecule has 3 heterocycles. The number of thioether (sulfide) groups is 1. The highest BCUT2D eigenvalue weighted by molar-refractivity contribution is 8.01. The third-order valence-electron chi connectivity index (χ3n) is 5.21. The Labute approximate surface area is 199 Å². The molecular weight excluding hydrogens is 462 g/mol. The maximum Gasteiger partial charge on any atom is 0.233 e. The Balaban J connectivity index is 1.15. The molecule has 0 aliphatic carbocycles. The van der Waals surface area contributed by atoms with Crippen molar-refractivity contribution in [2.45, 2.75) is 23.6 Å². The Hall–Kier alpha value is -2.43. The molecule has 3 aromatic rings. The first kappa shape index (κ1) is 22.8.